The largest absolute Gasteiger partial charge is 0.481 e. The molecule has 1 saturated heterocycles. The van der Waals surface area contributed by atoms with E-state index in [1.165, 1.54) is 11.1 Å². The van der Waals surface area contributed by atoms with Crippen molar-refractivity contribution in [1.82, 2.24) is 15.1 Å². The number of methoxy groups -OCH3 is 1. The first kappa shape index (κ1) is 19.2. The topological polar surface area (TPSA) is 58.2 Å². The van der Waals surface area contributed by atoms with Gasteiger partial charge in [-0.25, -0.2) is 5.10 Å². The number of benzene rings is 2. The lowest BCUT2D eigenvalue weighted by molar-refractivity contribution is 0.0601. The van der Waals surface area contributed by atoms with E-state index < -0.39 is 0 Å². The maximum Gasteiger partial charge on any atom is 0.254 e. The molecule has 0 aliphatic carbocycles. The fraction of sp³-hybridized carbons (Fsp3) is 0.333. The zero-order chi connectivity index (χ0) is 20.7. The molecular weight excluding hydrogens is 362 g/mol. The number of hydrogen-bond donors (Lipinski definition) is 1. The summed E-state index contributed by atoms with van der Waals surface area (Å²) in [7, 11) is 1.62. The normalized spacial score (nSPS) is 14.0. The number of hydrogen-bond acceptors (Lipinski definition) is 3. The van der Waals surface area contributed by atoms with Crippen molar-refractivity contribution in [1.29, 1.82) is 0 Å². The number of carbonyl (C=O) groups excluding carboxylic acids is 1. The highest BCUT2D eigenvalue weighted by molar-refractivity contribution is 5.98. The van der Waals surface area contributed by atoms with Crippen molar-refractivity contribution < 1.29 is 9.53 Å². The van der Waals surface area contributed by atoms with Crippen LogP contribution in [0.1, 0.15) is 44.1 Å². The Morgan fingerprint density at radius 2 is 1.76 bits per heavy atom. The van der Waals surface area contributed by atoms with Crippen LogP contribution in [0.5, 0.6) is 5.88 Å². The zero-order valence-corrected chi connectivity index (χ0v) is 17.7. The van der Waals surface area contributed by atoms with E-state index in [0.717, 1.165) is 46.6 Å². The summed E-state index contributed by atoms with van der Waals surface area (Å²) < 4.78 is 5.32. The third kappa shape index (κ3) is 3.41. The van der Waals surface area contributed by atoms with Gasteiger partial charge in [-0.05, 0) is 50.5 Å². The minimum absolute atomic E-state index is 0.0901. The van der Waals surface area contributed by atoms with Gasteiger partial charge in [0, 0.05) is 35.7 Å². The first-order valence-corrected chi connectivity index (χ1v) is 9.95. The molecule has 1 aromatic heterocycles. The van der Waals surface area contributed by atoms with Gasteiger partial charge in [0.25, 0.3) is 5.91 Å². The fourth-order valence-corrected chi connectivity index (χ4v) is 4.04. The second kappa shape index (κ2) is 7.39. The lowest BCUT2D eigenvalue weighted by Gasteiger charge is -2.40. The van der Waals surface area contributed by atoms with Gasteiger partial charge in [-0.2, -0.15) is 5.10 Å². The van der Waals surface area contributed by atoms with Crippen molar-refractivity contribution in [3.63, 3.8) is 0 Å². The van der Waals surface area contributed by atoms with E-state index in [0.29, 0.717) is 11.8 Å². The molecule has 0 unspecified atom stereocenters. The average molecular weight is 389 g/mol. The SMILES string of the molecule is COc1[nH]nc(-c2cc(C(=O)N3CC(c4ccc(C)cc4)C3)c(C)cc2C)c1C. The Balaban J connectivity index is 1.58. The molecule has 2 aromatic carbocycles. The average Bonchev–Trinajstić information content (AvgIpc) is 3.02. The number of ether oxygens (including phenoxy) is 1. The van der Waals surface area contributed by atoms with Crippen molar-refractivity contribution in [2.24, 2.45) is 0 Å². The summed E-state index contributed by atoms with van der Waals surface area (Å²) in [5, 5.41) is 7.33. The van der Waals surface area contributed by atoms with Crippen LogP contribution >= 0.6 is 0 Å². The molecule has 1 fully saturated rings. The summed E-state index contributed by atoms with van der Waals surface area (Å²) in [6.07, 6.45) is 0. The van der Waals surface area contributed by atoms with E-state index >= 15 is 0 Å². The van der Waals surface area contributed by atoms with Crippen LogP contribution in [0, 0.1) is 27.7 Å². The lowest BCUT2D eigenvalue weighted by atomic mass is 9.89. The molecule has 0 bridgehead atoms. The van der Waals surface area contributed by atoms with Gasteiger partial charge in [0.05, 0.1) is 12.8 Å². The number of nitrogens with one attached hydrogen (secondary N) is 1. The van der Waals surface area contributed by atoms with Gasteiger partial charge in [0.15, 0.2) is 0 Å². The molecule has 1 aliphatic heterocycles. The molecule has 5 heteroatoms. The number of likely N-dealkylation sites (tertiary alicyclic amines) is 1. The standard InChI is InChI=1S/C24H27N3O2/c1-14-6-8-18(9-7-14)19-12-27(13-19)24(28)21-11-20(15(2)10-16(21)3)22-17(4)23(29-5)26-25-22/h6-11,19H,12-13H2,1-5H3,(H,25,26). The van der Waals surface area contributed by atoms with Crippen molar-refractivity contribution in [3.8, 4) is 17.1 Å². The first-order chi connectivity index (χ1) is 13.9. The summed E-state index contributed by atoms with van der Waals surface area (Å²) in [6.45, 7) is 9.64. The Kier molecular flexibility index (Phi) is 4.91. The molecular formula is C24H27N3O2. The highest BCUT2D eigenvalue weighted by atomic mass is 16.5. The van der Waals surface area contributed by atoms with Crippen LogP contribution in [0.15, 0.2) is 36.4 Å². The van der Waals surface area contributed by atoms with Crippen LogP contribution in [0.4, 0.5) is 0 Å². The van der Waals surface area contributed by atoms with Crippen LogP contribution in [0.25, 0.3) is 11.3 Å². The molecule has 2 heterocycles. The van der Waals surface area contributed by atoms with E-state index in [1.54, 1.807) is 7.11 Å². The minimum atomic E-state index is 0.0901. The van der Waals surface area contributed by atoms with Gasteiger partial charge in [-0.1, -0.05) is 35.9 Å². The Bertz CT molecular complexity index is 1060. The van der Waals surface area contributed by atoms with Gasteiger partial charge in [-0.3, -0.25) is 4.79 Å². The summed E-state index contributed by atoms with van der Waals surface area (Å²) in [6, 6.07) is 12.7. The van der Waals surface area contributed by atoms with Crippen LogP contribution < -0.4 is 4.74 Å². The number of aromatic nitrogens is 2. The van der Waals surface area contributed by atoms with Crippen LogP contribution in [0.2, 0.25) is 0 Å². The number of H-pyrrole nitrogens is 1. The Labute approximate surface area is 171 Å². The summed E-state index contributed by atoms with van der Waals surface area (Å²) in [5.74, 6) is 1.16. The van der Waals surface area contributed by atoms with Crippen LogP contribution in [-0.4, -0.2) is 41.2 Å². The van der Waals surface area contributed by atoms with Gasteiger partial charge in [0.1, 0.15) is 0 Å². The van der Waals surface area contributed by atoms with E-state index in [-0.39, 0.29) is 5.91 Å². The van der Waals surface area contributed by atoms with Gasteiger partial charge >= 0.3 is 0 Å². The minimum Gasteiger partial charge on any atom is -0.481 e. The molecule has 0 saturated carbocycles. The van der Waals surface area contributed by atoms with Gasteiger partial charge < -0.3 is 9.64 Å². The smallest absolute Gasteiger partial charge is 0.254 e. The second-order valence-corrected chi connectivity index (χ2v) is 8.03. The number of nitrogens with zero attached hydrogens (tertiary/aromatic N) is 2. The van der Waals surface area contributed by atoms with Crippen LogP contribution in [-0.2, 0) is 0 Å². The highest BCUT2D eigenvalue weighted by Crippen LogP contribution is 2.33. The summed E-state index contributed by atoms with van der Waals surface area (Å²) in [5.41, 5.74) is 8.14. The number of aromatic amines is 1. The van der Waals surface area contributed by atoms with E-state index in [4.69, 9.17) is 4.74 Å². The fourth-order valence-electron chi connectivity index (χ4n) is 4.04. The molecule has 4 rings (SSSR count). The molecule has 150 valence electrons. The third-order valence-electron chi connectivity index (χ3n) is 5.94. The molecule has 0 spiro atoms. The van der Waals surface area contributed by atoms with Gasteiger partial charge in [0.2, 0.25) is 5.88 Å². The monoisotopic (exact) mass is 389 g/mol. The number of carbonyl (C=O) groups is 1. The molecule has 1 amide bonds. The molecule has 0 atom stereocenters. The van der Waals surface area contributed by atoms with Crippen LogP contribution in [0.3, 0.4) is 0 Å². The number of amides is 1. The van der Waals surface area contributed by atoms with E-state index in [1.807, 2.05) is 31.7 Å². The zero-order valence-electron chi connectivity index (χ0n) is 17.7. The molecule has 29 heavy (non-hydrogen) atoms. The number of aryl methyl sites for hydroxylation is 3. The van der Waals surface area contributed by atoms with Gasteiger partial charge in [-0.15, -0.1) is 0 Å². The first-order valence-electron chi connectivity index (χ1n) is 9.95. The summed E-state index contributed by atoms with van der Waals surface area (Å²) >= 11 is 0. The Morgan fingerprint density at radius 3 is 2.38 bits per heavy atom. The second-order valence-electron chi connectivity index (χ2n) is 8.03. The van der Waals surface area contributed by atoms with Crippen molar-refractivity contribution in [3.05, 3.63) is 69.8 Å². The predicted octanol–water partition coefficient (Wildman–Crippen LogP) is 4.56. The van der Waals surface area contributed by atoms with E-state index in [9.17, 15) is 4.79 Å². The molecule has 0 radical (unpaired) electrons. The number of rotatable bonds is 4. The highest BCUT2D eigenvalue weighted by Gasteiger charge is 2.33. The third-order valence-corrected chi connectivity index (χ3v) is 5.94. The predicted molar refractivity (Wildman–Crippen MR) is 115 cm³/mol. The quantitative estimate of drug-likeness (QED) is 0.712. The van der Waals surface area contributed by atoms with Crippen molar-refractivity contribution >= 4 is 5.91 Å². The Hall–Kier alpha value is -3.08. The van der Waals surface area contributed by atoms with Crippen molar-refractivity contribution in [2.45, 2.75) is 33.6 Å². The van der Waals surface area contributed by atoms with Crippen molar-refractivity contribution in [2.75, 3.05) is 20.2 Å². The Morgan fingerprint density at radius 1 is 1.07 bits per heavy atom. The molecule has 1 N–H and O–H groups in total. The molecule has 5 nitrogen and oxygen atoms in total. The van der Waals surface area contributed by atoms with E-state index in [2.05, 4.69) is 47.5 Å². The summed E-state index contributed by atoms with van der Waals surface area (Å²) in [4.78, 5) is 15.1. The molecule has 3 aromatic rings. The molecule has 1 aliphatic rings. The maximum absolute atomic E-state index is 13.2. The maximum atomic E-state index is 13.2. The lowest BCUT2D eigenvalue weighted by Crippen LogP contribution is -2.48.